The highest BCUT2D eigenvalue weighted by Gasteiger charge is 2.18. The molecule has 0 radical (unpaired) electrons. The highest BCUT2D eigenvalue weighted by molar-refractivity contribution is 9.10. The number of hydrogen-bond acceptors (Lipinski definition) is 4. The predicted octanol–water partition coefficient (Wildman–Crippen LogP) is 2.27. The Morgan fingerprint density at radius 2 is 1.94 bits per heavy atom. The zero-order valence-electron chi connectivity index (χ0n) is 7.75. The van der Waals surface area contributed by atoms with E-state index in [9.17, 15) is 8.78 Å². The van der Waals surface area contributed by atoms with Crippen molar-refractivity contribution in [3.05, 3.63) is 34.1 Å². The average molecular weight is 291 g/mol. The number of aliphatic hydroxyl groups excluding tert-OH is 1. The first kappa shape index (κ1) is 11.2. The van der Waals surface area contributed by atoms with Gasteiger partial charge in [-0.3, -0.25) is 0 Å². The van der Waals surface area contributed by atoms with Gasteiger partial charge in [-0.15, -0.1) is 0 Å². The normalized spacial score (nSPS) is 10.8. The van der Waals surface area contributed by atoms with Gasteiger partial charge in [0, 0.05) is 4.47 Å². The van der Waals surface area contributed by atoms with E-state index in [1.807, 2.05) is 0 Å². The number of aliphatic hydroxyl groups is 1. The molecule has 0 spiro atoms. The molecule has 0 fully saturated rings. The number of halogens is 3. The monoisotopic (exact) mass is 290 g/mol. The molecule has 1 aromatic carbocycles. The number of rotatable bonds is 2. The van der Waals surface area contributed by atoms with Gasteiger partial charge in [-0.05, 0) is 12.1 Å². The molecule has 2 aromatic rings. The molecule has 1 aromatic heterocycles. The zero-order chi connectivity index (χ0) is 11.7. The maximum absolute atomic E-state index is 13.5. The van der Waals surface area contributed by atoms with Crippen molar-refractivity contribution in [3.8, 4) is 11.4 Å². The van der Waals surface area contributed by atoms with E-state index < -0.39 is 18.2 Å². The molecular weight excluding hydrogens is 286 g/mol. The first-order valence-electron chi connectivity index (χ1n) is 4.20. The van der Waals surface area contributed by atoms with Gasteiger partial charge in [-0.2, -0.15) is 4.98 Å². The third-order valence-corrected chi connectivity index (χ3v) is 2.29. The minimum atomic E-state index is -0.808. The summed E-state index contributed by atoms with van der Waals surface area (Å²) in [6.07, 6.45) is 0. The highest BCUT2D eigenvalue weighted by Crippen LogP contribution is 2.26. The summed E-state index contributed by atoms with van der Waals surface area (Å²) in [5.74, 6) is -1.95. The van der Waals surface area contributed by atoms with Crippen LogP contribution in [0.3, 0.4) is 0 Å². The maximum atomic E-state index is 13.5. The molecule has 0 amide bonds. The Morgan fingerprint density at radius 3 is 2.44 bits per heavy atom. The van der Waals surface area contributed by atoms with Crippen molar-refractivity contribution in [1.82, 2.24) is 10.1 Å². The van der Waals surface area contributed by atoms with E-state index in [2.05, 4.69) is 30.6 Å². The molecule has 2 rings (SSSR count). The fraction of sp³-hybridized carbons (Fsp3) is 0.111. The molecule has 7 heteroatoms. The number of hydrogen-bond donors (Lipinski definition) is 1. The molecule has 0 aliphatic heterocycles. The Bertz CT molecular complexity index is 507. The van der Waals surface area contributed by atoms with Gasteiger partial charge < -0.3 is 9.63 Å². The van der Waals surface area contributed by atoms with Crippen molar-refractivity contribution in [3.63, 3.8) is 0 Å². The highest BCUT2D eigenvalue weighted by atomic mass is 79.9. The van der Waals surface area contributed by atoms with Gasteiger partial charge in [-0.1, -0.05) is 21.1 Å². The molecule has 0 bridgehead atoms. The SMILES string of the molecule is OCc1nc(-c2c(F)cc(Br)cc2F)no1. The fourth-order valence-corrected chi connectivity index (χ4v) is 1.58. The van der Waals surface area contributed by atoms with Crippen LogP contribution in [0, 0.1) is 11.6 Å². The van der Waals surface area contributed by atoms with Gasteiger partial charge in [-0.25, -0.2) is 8.78 Å². The van der Waals surface area contributed by atoms with Crippen LogP contribution in [-0.4, -0.2) is 15.2 Å². The van der Waals surface area contributed by atoms with Gasteiger partial charge in [0.1, 0.15) is 18.2 Å². The Kier molecular flexibility index (Phi) is 2.97. The lowest BCUT2D eigenvalue weighted by atomic mass is 10.2. The second kappa shape index (κ2) is 4.26. The van der Waals surface area contributed by atoms with Crippen LogP contribution in [0.5, 0.6) is 0 Å². The summed E-state index contributed by atoms with van der Waals surface area (Å²) >= 11 is 2.95. The van der Waals surface area contributed by atoms with Gasteiger partial charge in [0.05, 0.1) is 5.56 Å². The Morgan fingerprint density at radius 1 is 1.31 bits per heavy atom. The number of nitrogens with zero attached hydrogens (tertiary/aromatic N) is 2. The number of aromatic nitrogens is 2. The molecule has 0 unspecified atom stereocenters. The van der Waals surface area contributed by atoms with Crippen molar-refractivity contribution < 1.29 is 18.4 Å². The third kappa shape index (κ3) is 1.96. The molecule has 16 heavy (non-hydrogen) atoms. The van der Waals surface area contributed by atoms with Gasteiger partial charge in [0.15, 0.2) is 0 Å². The van der Waals surface area contributed by atoms with Crippen LogP contribution >= 0.6 is 15.9 Å². The van der Waals surface area contributed by atoms with E-state index in [4.69, 9.17) is 5.11 Å². The summed E-state index contributed by atoms with van der Waals surface area (Å²) < 4.78 is 31.7. The summed E-state index contributed by atoms with van der Waals surface area (Å²) in [6, 6.07) is 2.18. The van der Waals surface area contributed by atoms with Crippen molar-refractivity contribution in [1.29, 1.82) is 0 Å². The van der Waals surface area contributed by atoms with Crippen LogP contribution in [0.4, 0.5) is 8.78 Å². The van der Waals surface area contributed by atoms with Crippen LogP contribution in [0.1, 0.15) is 5.89 Å². The van der Waals surface area contributed by atoms with Gasteiger partial charge >= 0.3 is 0 Å². The molecule has 0 aliphatic rings. The third-order valence-electron chi connectivity index (χ3n) is 1.83. The van der Waals surface area contributed by atoms with Crippen LogP contribution in [-0.2, 0) is 6.61 Å². The summed E-state index contributed by atoms with van der Waals surface area (Å²) in [5.41, 5.74) is -0.383. The minimum Gasteiger partial charge on any atom is -0.387 e. The topological polar surface area (TPSA) is 59.2 Å². The standard InChI is InChI=1S/C9H5BrF2N2O2/c10-4-1-5(11)8(6(12)2-4)9-13-7(3-15)16-14-9/h1-2,15H,3H2. The smallest absolute Gasteiger partial charge is 0.252 e. The second-order valence-electron chi connectivity index (χ2n) is 2.91. The molecule has 1 N–H and O–H groups in total. The van der Waals surface area contributed by atoms with Crippen LogP contribution in [0.2, 0.25) is 0 Å². The van der Waals surface area contributed by atoms with Crippen molar-refractivity contribution in [2.45, 2.75) is 6.61 Å². The van der Waals surface area contributed by atoms with Crippen LogP contribution in [0.15, 0.2) is 21.1 Å². The number of benzene rings is 1. The summed E-state index contributed by atoms with van der Waals surface area (Å²) in [4.78, 5) is 3.63. The quantitative estimate of drug-likeness (QED) is 0.922. The lowest BCUT2D eigenvalue weighted by Gasteiger charge is -2.00. The largest absolute Gasteiger partial charge is 0.387 e. The first-order chi connectivity index (χ1) is 7.61. The molecular formula is C9H5BrF2N2O2. The Balaban J connectivity index is 2.55. The lowest BCUT2D eigenvalue weighted by molar-refractivity contribution is 0.222. The van der Waals surface area contributed by atoms with E-state index in [1.54, 1.807) is 0 Å². The molecule has 84 valence electrons. The lowest BCUT2D eigenvalue weighted by Crippen LogP contribution is -1.92. The molecule has 1 heterocycles. The van der Waals surface area contributed by atoms with E-state index in [1.165, 1.54) is 0 Å². The van der Waals surface area contributed by atoms with E-state index in [-0.39, 0.29) is 21.8 Å². The molecule has 0 atom stereocenters. The second-order valence-corrected chi connectivity index (χ2v) is 3.83. The first-order valence-corrected chi connectivity index (χ1v) is 4.99. The van der Waals surface area contributed by atoms with Gasteiger partial charge in [0.2, 0.25) is 5.82 Å². The average Bonchev–Trinajstić information content (AvgIpc) is 2.64. The van der Waals surface area contributed by atoms with Crippen molar-refractivity contribution in [2.75, 3.05) is 0 Å². The molecule has 0 aliphatic carbocycles. The summed E-state index contributed by atoms with van der Waals surface area (Å²) in [5, 5.41) is 12.1. The summed E-state index contributed by atoms with van der Waals surface area (Å²) in [6.45, 7) is -0.479. The van der Waals surface area contributed by atoms with E-state index in [0.29, 0.717) is 0 Å². The van der Waals surface area contributed by atoms with Crippen LogP contribution < -0.4 is 0 Å². The van der Waals surface area contributed by atoms with Gasteiger partial charge in [0.25, 0.3) is 5.89 Å². The van der Waals surface area contributed by atoms with Crippen LogP contribution in [0.25, 0.3) is 11.4 Å². The van der Waals surface area contributed by atoms with Crippen molar-refractivity contribution >= 4 is 15.9 Å². The zero-order valence-corrected chi connectivity index (χ0v) is 9.33. The predicted molar refractivity (Wildman–Crippen MR) is 53.3 cm³/mol. The molecule has 4 nitrogen and oxygen atoms in total. The fourth-order valence-electron chi connectivity index (χ4n) is 1.18. The summed E-state index contributed by atoms with van der Waals surface area (Å²) in [7, 11) is 0. The molecule has 0 saturated carbocycles. The maximum Gasteiger partial charge on any atom is 0.252 e. The van der Waals surface area contributed by atoms with E-state index >= 15 is 0 Å². The Labute approximate surface area is 97.0 Å². The Hall–Kier alpha value is -1.34. The van der Waals surface area contributed by atoms with Crippen molar-refractivity contribution in [2.24, 2.45) is 0 Å². The van der Waals surface area contributed by atoms with E-state index in [0.717, 1.165) is 12.1 Å². The molecule has 0 saturated heterocycles. The minimum absolute atomic E-state index is 0.100.